The number of hydrogen-bond acceptors (Lipinski definition) is 3. The molecule has 102 valence electrons. The van der Waals surface area contributed by atoms with Crippen LogP contribution < -0.4 is 10.5 Å². The number of nitrogen functional groups attached to an aromatic ring is 1. The van der Waals surface area contributed by atoms with Gasteiger partial charge in [0.2, 0.25) is 10.0 Å². The molecule has 1 rings (SSSR count). The zero-order valence-corrected chi connectivity index (χ0v) is 14.4. The molecule has 0 saturated carbocycles. The summed E-state index contributed by atoms with van der Waals surface area (Å²) in [6, 6.07) is 3.30. The summed E-state index contributed by atoms with van der Waals surface area (Å²) in [5.74, 6) is 0.0449. The first-order valence-electron chi connectivity index (χ1n) is 5.25. The molecule has 0 unspecified atom stereocenters. The lowest BCUT2D eigenvalue weighted by Crippen LogP contribution is -2.26. The minimum absolute atomic E-state index is 0.0449. The fraction of sp³-hybridized carbons (Fsp3) is 0.455. The second kappa shape index (κ2) is 5.38. The van der Waals surface area contributed by atoms with E-state index >= 15 is 0 Å². The van der Waals surface area contributed by atoms with Crippen LogP contribution in [-0.2, 0) is 10.0 Å². The molecule has 7 heteroatoms. The van der Waals surface area contributed by atoms with Crippen LogP contribution in [0.2, 0.25) is 0 Å². The number of nitrogens with two attached hydrogens (primary N) is 1. The molecule has 0 saturated heterocycles. The summed E-state index contributed by atoms with van der Waals surface area (Å²) in [5, 5.41) is 0. The Kier molecular flexibility index (Phi) is 4.72. The molecular formula is C11H16Br2N2O2S. The lowest BCUT2D eigenvalue weighted by Gasteiger charge is -2.20. The van der Waals surface area contributed by atoms with Gasteiger partial charge in [-0.05, 0) is 49.4 Å². The van der Waals surface area contributed by atoms with Crippen molar-refractivity contribution in [1.82, 2.24) is 0 Å². The smallest absolute Gasteiger partial charge is 0.233 e. The summed E-state index contributed by atoms with van der Waals surface area (Å²) < 4.78 is 27.8. The van der Waals surface area contributed by atoms with Gasteiger partial charge in [0.1, 0.15) is 0 Å². The van der Waals surface area contributed by atoms with Crippen molar-refractivity contribution in [3.8, 4) is 0 Å². The summed E-state index contributed by atoms with van der Waals surface area (Å²) in [4.78, 5) is 0. The average molecular weight is 400 g/mol. The van der Waals surface area contributed by atoms with Crippen molar-refractivity contribution in [3.05, 3.63) is 21.1 Å². The molecule has 0 aliphatic rings. The van der Waals surface area contributed by atoms with Gasteiger partial charge in [0, 0.05) is 14.6 Å². The molecule has 1 aromatic rings. The van der Waals surface area contributed by atoms with Crippen LogP contribution in [0.3, 0.4) is 0 Å². The molecule has 0 spiro atoms. The molecular weight excluding hydrogens is 384 g/mol. The number of halogens is 2. The second-order valence-electron chi connectivity index (χ2n) is 5.28. The lowest BCUT2D eigenvalue weighted by molar-refractivity contribution is 0.463. The van der Waals surface area contributed by atoms with Crippen molar-refractivity contribution >= 4 is 53.3 Å². The third-order valence-electron chi connectivity index (χ3n) is 1.95. The number of anilines is 2. The topological polar surface area (TPSA) is 72.2 Å². The first-order valence-corrected chi connectivity index (χ1v) is 8.49. The fourth-order valence-corrected chi connectivity index (χ4v) is 4.88. The zero-order chi connectivity index (χ0) is 14.1. The molecule has 0 amide bonds. The molecule has 0 heterocycles. The third-order valence-corrected chi connectivity index (χ3v) is 4.96. The minimum Gasteiger partial charge on any atom is -0.399 e. The minimum atomic E-state index is -3.40. The van der Waals surface area contributed by atoms with Crippen LogP contribution in [0.5, 0.6) is 0 Å². The molecule has 3 N–H and O–H groups in total. The van der Waals surface area contributed by atoms with Gasteiger partial charge >= 0.3 is 0 Å². The largest absolute Gasteiger partial charge is 0.399 e. The second-order valence-corrected chi connectivity index (χ2v) is 8.71. The SMILES string of the molecule is CC(C)(C)CS(=O)(=O)Nc1c(Br)cc(N)cc1Br. The van der Waals surface area contributed by atoms with Gasteiger partial charge in [-0.1, -0.05) is 20.8 Å². The van der Waals surface area contributed by atoms with Crippen LogP contribution >= 0.6 is 31.9 Å². The molecule has 0 atom stereocenters. The predicted molar refractivity (Wildman–Crippen MR) is 83.1 cm³/mol. The highest BCUT2D eigenvalue weighted by Crippen LogP contribution is 2.34. The lowest BCUT2D eigenvalue weighted by atomic mass is 10.0. The van der Waals surface area contributed by atoms with Gasteiger partial charge in [-0.15, -0.1) is 0 Å². The first-order chi connectivity index (χ1) is 8.00. The van der Waals surface area contributed by atoms with Crippen molar-refractivity contribution in [2.45, 2.75) is 20.8 Å². The van der Waals surface area contributed by atoms with E-state index in [2.05, 4.69) is 36.6 Å². The highest BCUT2D eigenvalue weighted by molar-refractivity contribution is 9.11. The van der Waals surface area contributed by atoms with E-state index in [1.807, 2.05) is 20.8 Å². The van der Waals surface area contributed by atoms with Crippen molar-refractivity contribution in [2.24, 2.45) is 5.41 Å². The van der Waals surface area contributed by atoms with Crippen LogP contribution in [-0.4, -0.2) is 14.2 Å². The van der Waals surface area contributed by atoms with E-state index in [0.717, 1.165) is 0 Å². The first kappa shape index (κ1) is 15.8. The molecule has 0 radical (unpaired) electrons. The average Bonchev–Trinajstić information content (AvgIpc) is 2.07. The van der Waals surface area contributed by atoms with E-state index in [-0.39, 0.29) is 11.2 Å². The fourth-order valence-electron chi connectivity index (χ4n) is 1.45. The Bertz CT molecular complexity index is 528. The maximum absolute atomic E-state index is 12.0. The van der Waals surface area contributed by atoms with Gasteiger partial charge in [-0.2, -0.15) is 0 Å². The maximum atomic E-state index is 12.0. The van der Waals surface area contributed by atoms with Gasteiger partial charge in [0.15, 0.2) is 0 Å². The number of nitrogens with one attached hydrogen (secondary N) is 1. The van der Waals surface area contributed by atoms with Gasteiger partial charge in [0.25, 0.3) is 0 Å². The normalized spacial score (nSPS) is 12.5. The van der Waals surface area contributed by atoms with Gasteiger partial charge in [0.05, 0.1) is 11.4 Å². The van der Waals surface area contributed by atoms with Crippen LogP contribution in [0.4, 0.5) is 11.4 Å². The molecule has 0 aliphatic heterocycles. The highest BCUT2D eigenvalue weighted by Gasteiger charge is 2.23. The van der Waals surface area contributed by atoms with E-state index in [9.17, 15) is 8.42 Å². The molecule has 18 heavy (non-hydrogen) atoms. The molecule has 1 aromatic carbocycles. The standard InChI is InChI=1S/C11H16Br2N2O2S/c1-11(2,3)6-18(16,17)15-10-8(12)4-7(14)5-9(10)13/h4-5,15H,6,14H2,1-3H3. The Morgan fingerprint density at radius 3 is 2.06 bits per heavy atom. The van der Waals surface area contributed by atoms with E-state index in [4.69, 9.17) is 5.73 Å². The van der Waals surface area contributed by atoms with Crippen LogP contribution in [0, 0.1) is 5.41 Å². The van der Waals surface area contributed by atoms with Crippen molar-refractivity contribution in [3.63, 3.8) is 0 Å². The molecule has 0 aliphatic carbocycles. The quantitative estimate of drug-likeness (QED) is 0.763. The van der Waals surface area contributed by atoms with E-state index < -0.39 is 10.0 Å². The van der Waals surface area contributed by atoms with Crippen molar-refractivity contribution in [2.75, 3.05) is 16.2 Å². The Balaban J connectivity index is 3.06. The summed E-state index contributed by atoms with van der Waals surface area (Å²) in [6.07, 6.45) is 0. The van der Waals surface area contributed by atoms with Crippen molar-refractivity contribution < 1.29 is 8.42 Å². The van der Waals surface area contributed by atoms with Crippen molar-refractivity contribution in [1.29, 1.82) is 0 Å². The van der Waals surface area contributed by atoms with Crippen LogP contribution in [0.15, 0.2) is 21.1 Å². The van der Waals surface area contributed by atoms with Crippen LogP contribution in [0.1, 0.15) is 20.8 Å². The Labute approximate surface area is 125 Å². The summed E-state index contributed by atoms with van der Waals surface area (Å²) in [5.41, 5.74) is 6.36. The van der Waals surface area contributed by atoms with E-state index in [0.29, 0.717) is 20.3 Å². The Hall–Kier alpha value is -0.270. The Morgan fingerprint density at radius 1 is 1.22 bits per heavy atom. The van der Waals surface area contributed by atoms with E-state index in [1.54, 1.807) is 12.1 Å². The Morgan fingerprint density at radius 2 is 1.67 bits per heavy atom. The number of benzene rings is 1. The van der Waals surface area contributed by atoms with E-state index in [1.165, 1.54) is 0 Å². The summed E-state index contributed by atoms with van der Waals surface area (Å²) in [6.45, 7) is 5.62. The number of hydrogen-bond donors (Lipinski definition) is 2. The molecule has 0 aromatic heterocycles. The highest BCUT2D eigenvalue weighted by atomic mass is 79.9. The van der Waals surface area contributed by atoms with Gasteiger partial charge in [-0.3, -0.25) is 4.72 Å². The zero-order valence-electron chi connectivity index (χ0n) is 10.4. The maximum Gasteiger partial charge on any atom is 0.233 e. The third kappa shape index (κ3) is 4.78. The molecule has 0 fully saturated rings. The number of rotatable bonds is 3. The van der Waals surface area contributed by atoms with Gasteiger partial charge < -0.3 is 5.73 Å². The van der Waals surface area contributed by atoms with Gasteiger partial charge in [-0.25, -0.2) is 8.42 Å². The molecule has 4 nitrogen and oxygen atoms in total. The number of sulfonamides is 1. The van der Waals surface area contributed by atoms with Crippen LogP contribution in [0.25, 0.3) is 0 Å². The summed E-state index contributed by atoms with van der Waals surface area (Å²) >= 11 is 6.59. The molecule has 0 bridgehead atoms. The summed E-state index contributed by atoms with van der Waals surface area (Å²) in [7, 11) is -3.40. The monoisotopic (exact) mass is 398 g/mol. The predicted octanol–water partition coefficient (Wildman–Crippen LogP) is 3.58.